The molecule has 1 aliphatic rings. The Morgan fingerprint density at radius 3 is 2.68 bits per heavy atom. The number of ether oxygens (including phenoxy) is 1. The number of hydrogen-bond acceptors (Lipinski definition) is 4. The molecule has 5 nitrogen and oxygen atoms in total. The van der Waals surface area contributed by atoms with Crippen LogP contribution in [0.3, 0.4) is 0 Å². The highest BCUT2D eigenvalue weighted by atomic mass is 79.9. The molecule has 0 aliphatic carbocycles. The standard InChI is InChI=1S/C12H12BrClN2O3/c1-12(2,3)19-11(18)16-5-6-8(10(16)17)7(13)4-15-9(6)14/h4H,5H2,1-3H3. The number of aromatic nitrogens is 1. The number of pyridine rings is 1. The second kappa shape index (κ2) is 4.76. The molecule has 102 valence electrons. The van der Waals surface area contributed by atoms with E-state index in [4.69, 9.17) is 16.3 Å². The zero-order valence-corrected chi connectivity index (χ0v) is 13.0. The summed E-state index contributed by atoms with van der Waals surface area (Å²) in [7, 11) is 0. The normalized spacial score (nSPS) is 14.6. The predicted molar refractivity (Wildman–Crippen MR) is 73.1 cm³/mol. The van der Waals surface area contributed by atoms with Crippen LogP contribution in [-0.4, -0.2) is 27.5 Å². The molecule has 0 bridgehead atoms. The minimum Gasteiger partial charge on any atom is -0.443 e. The maximum absolute atomic E-state index is 12.2. The third-order valence-electron chi connectivity index (χ3n) is 2.47. The average Bonchev–Trinajstić information content (AvgIpc) is 2.61. The van der Waals surface area contributed by atoms with E-state index >= 15 is 0 Å². The number of carbonyl (C=O) groups excluding carboxylic acids is 2. The molecule has 0 saturated carbocycles. The summed E-state index contributed by atoms with van der Waals surface area (Å²) < 4.78 is 5.71. The lowest BCUT2D eigenvalue weighted by atomic mass is 10.2. The highest BCUT2D eigenvalue weighted by molar-refractivity contribution is 9.10. The topological polar surface area (TPSA) is 59.5 Å². The van der Waals surface area contributed by atoms with Crippen LogP contribution in [0.15, 0.2) is 10.7 Å². The predicted octanol–water partition coefficient (Wildman–Crippen LogP) is 3.39. The molecule has 1 aromatic heterocycles. The third kappa shape index (κ3) is 2.74. The van der Waals surface area contributed by atoms with Gasteiger partial charge < -0.3 is 4.74 Å². The first-order chi connectivity index (χ1) is 8.70. The van der Waals surface area contributed by atoms with Crippen LogP contribution in [0.4, 0.5) is 4.79 Å². The maximum atomic E-state index is 12.2. The number of hydrogen-bond donors (Lipinski definition) is 0. The molecule has 0 fully saturated rings. The highest BCUT2D eigenvalue weighted by Crippen LogP contribution is 2.33. The summed E-state index contributed by atoms with van der Waals surface area (Å²) in [6.07, 6.45) is 0.758. The Hall–Kier alpha value is -1.14. The van der Waals surface area contributed by atoms with Gasteiger partial charge in [0, 0.05) is 16.2 Å². The van der Waals surface area contributed by atoms with Crippen LogP contribution < -0.4 is 0 Å². The number of halogens is 2. The van der Waals surface area contributed by atoms with Gasteiger partial charge in [-0.2, -0.15) is 0 Å². The van der Waals surface area contributed by atoms with Crippen molar-refractivity contribution in [3.05, 3.63) is 26.9 Å². The molecular formula is C12H12BrClN2O3. The van der Waals surface area contributed by atoms with Crippen LogP contribution in [0.2, 0.25) is 5.15 Å². The van der Waals surface area contributed by atoms with Crippen molar-refractivity contribution in [1.82, 2.24) is 9.88 Å². The van der Waals surface area contributed by atoms with Gasteiger partial charge in [0.1, 0.15) is 10.8 Å². The lowest BCUT2D eigenvalue weighted by Crippen LogP contribution is -2.36. The van der Waals surface area contributed by atoms with Gasteiger partial charge in [-0.05, 0) is 36.7 Å². The van der Waals surface area contributed by atoms with Crippen LogP contribution in [0.1, 0.15) is 36.7 Å². The quantitative estimate of drug-likeness (QED) is 0.675. The molecule has 2 heterocycles. The van der Waals surface area contributed by atoms with Crippen molar-refractivity contribution in [3.63, 3.8) is 0 Å². The van der Waals surface area contributed by atoms with Crippen molar-refractivity contribution >= 4 is 39.5 Å². The van der Waals surface area contributed by atoms with Crippen LogP contribution in [0.5, 0.6) is 0 Å². The van der Waals surface area contributed by atoms with Crippen molar-refractivity contribution in [3.8, 4) is 0 Å². The Balaban J connectivity index is 2.32. The Bertz CT molecular complexity index is 569. The minimum atomic E-state index is -0.684. The van der Waals surface area contributed by atoms with E-state index in [1.807, 2.05) is 0 Å². The molecule has 1 aliphatic heterocycles. The van der Waals surface area contributed by atoms with Crippen molar-refractivity contribution < 1.29 is 14.3 Å². The Labute approximate surface area is 124 Å². The smallest absolute Gasteiger partial charge is 0.417 e. The number of fused-ring (bicyclic) bond motifs is 1. The van der Waals surface area contributed by atoms with E-state index in [-0.39, 0.29) is 11.7 Å². The van der Waals surface area contributed by atoms with E-state index in [9.17, 15) is 9.59 Å². The van der Waals surface area contributed by atoms with Crippen molar-refractivity contribution in [2.75, 3.05) is 0 Å². The van der Waals surface area contributed by atoms with Crippen LogP contribution in [0.25, 0.3) is 0 Å². The largest absolute Gasteiger partial charge is 0.443 e. The fourth-order valence-corrected chi connectivity index (χ4v) is 2.42. The lowest BCUT2D eigenvalue weighted by Gasteiger charge is -2.23. The molecule has 0 unspecified atom stereocenters. The maximum Gasteiger partial charge on any atom is 0.417 e. The van der Waals surface area contributed by atoms with E-state index in [1.54, 1.807) is 20.8 Å². The van der Waals surface area contributed by atoms with Crippen LogP contribution in [-0.2, 0) is 11.3 Å². The Morgan fingerprint density at radius 1 is 1.53 bits per heavy atom. The Kier molecular flexibility index (Phi) is 3.57. The Morgan fingerprint density at radius 2 is 2.16 bits per heavy atom. The molecule has 7 heteroatoms. The van der Waals surface area contributed by atoms with Gasteiger partial charge in [0.05, 0.1) is 12.1 Å². The summed E-state index contributed by atoms with van der Waals surface area (Å²) in [4.78, 5) is 29.1. The van der Waals surface area contributed by atoms with Crippen LogP contribution in [0, 0.1) is 0 Å². The highest BCUT2D eigenvalue weighted by Gasteiger charge is 2.38. The molecule has 1 aromatic rings. The zero-order chi connectivity index (χ0) is 14.4. The first-order valence-electron chi connectivity index (χ1n) is 5.58. The third-order valence-corrected chi connectivity index (χ3v) is 3.40. The van der Waals surface area contributed by atoms with E-state index in [0.29, 0.717) is 15.6 Å². The summed E-state index contributed by atoms with van der Waals surface area (Å²) in [6.45, 7) is 5.30. The molecule has 0 radical (unpaired) electrons. The van der Waals surface area contributed by atoms with E-state index in [2.05, 4.69) is 20.9 Å². The van der Waals surface area contributed by atoms with Gasteiger partial charge in [0.15, 0.2) is 0 Å². The number of nitrogens with zero attached hydrogens (tertiary/aromatic N) is 2. The van der Waals surface area contributed by atoms with E-state index in [1.165, 1.54) is 6.20 Å². The molecule has 2 amide bonds. The van der Waals surface area contributed by atoms with Gasteiger partial charge in [0.2, 0.25) is 0 Å². The van der Waals surface area contributed by atoms with Gasteiger partial charge in [-0.1, -0.05) is 11.6 Å². The fourth-order valence-electron chi connectivity index (χ4n) is 1.71. The molecule has 0 atom stereocenters. The summed E-state index contributed by atoms with van der Waals surface area (Å²) in [5, 5.41) is 0.220. The van der Waals surface area contributed by atoms with E-state index in [0.717, 1.165) is 4.90 Å². The average molecular weight is 348 g/mol. The molecule has 19 heavy (non-hydrogen) atoms. The number of amides is 2. The van der Waals surface area contributed by atoms with Gasteiger partial charge >= 0.3 is 6.09 Å². The summed E-state index contributed by atoms with van der Waals surface area (Å²) in [5.74, 6) is -0.430. The number of imide groups is 1. The monoisotopic (exact) mass is 346 g/mol. The fraction of sp³-hybridized carbons (Fsp3) is 0.417. The van der Waals surface area contributed by atoms with Crippen LogP contribution >= 0.6 is 27.5 Å². The molecule has 0 saturated heterocycles. The first-order valence-corrected chi connectivity index (χ1v) is 6.75. The molecule has 0 N–H and O–H groups in total. The first kappa shape index (κ1) is 14.3. The molecule has 2 rings (SSSR count). The SMILES string of the molecule is CC(C)(C)OC(=O)N1Cc2c(Cl)ncc(Br)c2C1=O. The summed E-state index contributed by atoms with van der Waals surface area (Å²) >= 11 is 9.19. The van der Waals surface area contributed by atoms with Gasteiger partial charge in [-0.25, -0.2) is 14.7 Å². The molecule has 0 aromatic carbocycles. The van der Waals surface area contributed by atoms with Crippen molar-refractivity contribution in [1.29, 1.82) is 0 Å². The van der Waals surface area contributed by atoms with Gasteiger partial charge in [0.25, 0.3) is 5.91 Å². The molecular weight excluding hydrogens is 336 g/mol. The van der Waals surface area contributed by atoms with Crippen molar-refractivity contribution in [2.45, 2.75) is 32.9 Å². The zero-order valence-electron chi connectivity index (χ0n) is 10.7. The number of rotatable bonds is 0. The second-order valence-electron chi connectivity index (χ2n) is 5.12. The summed E-state index contributed by atoms with van der Waals surface area (Å²) in [5.41, 5.74) is 0.239. The van der Waals surface area contributed by atoms with Crippen molar-refractivity contribution in [2.24, 2.45) is 0 Å². The van der Waals surface area contributed by atoms with Gasteiger partial charge in [-0.15, -0.1) is 0 Å². The van der Waals surface area contributed by atoms with E-state index < -0.39 is 17.6 Å². The van der Waals surface area contributed by atoms with Gasteiger partial charge in [-0.3, -0.25) is 4.79 Å². The second-order valence-corrected chi connectivity index (χ2v) is 6.33. The lowest BCUT2D eigenvalue weighted by molar-refractivity contribution is 0.0248. The summed E-state index contributed by atoms with van der Waals surface area (Å²) in [6, 6.07) is 0. The minimum absolute atomic E-state index is 0.0777. The molecule has 0 spiro atoms. The number of carbonyl (C=O) groups is 2.